The molecule has 1 saturated heterocycles. The molecule has 178 valence electrons. The third kappa shape index (κ3) is 3.56. The van der Waals surface area contributed by atoms with E-state index in [4.69, 9.17) is 0 Å². The largest absolute Gasteiger partial charge is 0.356 e. The molecule has 1 N–H and O–H groups in total. The number of aromatic nitrogens is 5. The normalized spacial score (nSPS) is 16.2. The van der Waals surface area contributed by atoms with Crippen molar-refractivity contribution in [2.24, 2.45) is 0 Å². The Morgan fingerprint density at radius 3 is 2.77 bits per heavy atom. The third-order valence-corrected chi connectivity index (χ3v) is 7.14. The van der Waals surface area contributed by atoms with E-state index in [0.29, 0.717) is 48.8 Å². The minimum absolute atomic E-state index is 0.0596. The Morgan fingerprint density at radius 1 is 1.11 bits per heavy atom. The molecule has 0 atom stereocenters. The predicted molar refractivity (Wildman–Crippen MR) is 129 cm³/mol. The number of halogens is 1. The van der Waals surface area contributed by atoms with E-state index in [1.165, 1.54) is 12.4 Å². The lowest BCUT2D eigenvalue weighted by Gasteiger charge is -2.33. The lowest BCUT2D eigenvalue weighted by Crippen LogP contribution is -2.37. The summed E-state index contributed by atoms with van der Waals surface area (Å²) in [5.41, 5.74) is 3.78. The van der Waals surface area contributed by atoms with Crippen LogP contribution in [0.15, 0.2) is 47.7 Å². The van der Waals surface area contributed by atoms with Crippen LogP contribution in [0.4, 0.5) is 15.9 Å². The van der Waals surface area contributed by atoms with Crippen LogP contribution in [0.1, 0.15) is 40.5 Å². The summed E-state index contributed by atoms with van der Waals surface area (Å²) < 4.78 is 15.7. The number of fused-ring (bicyclic) bond motifs is 2. The van der Waals surface area contributed by atoms with Crippen LogP contribution in [-0.4, -0.2) is 50.0 Å². The number of anilines is 2. The predicted octanol–water partition coefficient (Wildman–Crippen LogP) is 3.01. The molecule has 2 aliphatic heterocycles. The first-order valence-corrected chi connectivity index (χ1v) is 11.7. The Morgan fingerprint density at radius 2 is 1.94 bits per heavy atom. The lowest BCUT2D eigenvalue weighted by molar-refractivity contribution is 0.0984. The number of pyridine rings is 1. The number of carbonyl (C=O) groups is 1. The number of hydrogen-bond acceptors (Lipinski definition) is 6. The van der Waals surface area contributed by atoms with E-state index < -0.39 is 0 Å². The van der Waals surface area contributed by atoms with Gasteiger partial charge in [-0.15, -0.1) is 0 Å². The van der Waals surface area contributed by atoms with Gasteiger partial charge in [0.25, 0.3) is 5.91 Å². The number of imidazole rings is 1. The van der Waals surface area contributed by atoms with E-state index in [2.05, 4.69) is 24.8 Å². The first kappa shape index (κ1) is 21.5. The Balaban J connectivity index is 1.20. The van der Waals surface area contributed by atoms with Crippen LogP contribution >= 0.6 is 0 Å². The van der Waals surface area contributed by atoms with Crippen LogP contribution in [0.5, 0.6) is 0 Å². The SMILES string of the molecule is Cc1c(F)ccc2c1CCN2C(=O)c1cc(N2CCC(n3c(=O)[nH]c4ncccc43)CC2)ncn1. The quantitative estimate of drug-likeness (QED) is 0.491. The third-order valence-electron chi connectivity index (χ3n) is 7.14. The zero-order chi connectivity index (χ0) is 24.1. The maximum Gasteiger partial charge on any atom is 0.327 e. The first-order valence-electron chi connectivity index (χ1n) is 11.7. The molecule has 5 heterocycles. The molecule has 0 unspecified atom stereocenters. The second-order valence-corrected chi connectivity index (χ2v) is 9.03. The standard InChI is InChI=1S/C25H24FN7O2/c1-15-17-8-12-32(20(17)5-4-18(15)26)24(34)19-13-22(29-14-28-19)31-10-6-16(7-11-31)33-21-3-2-9-27-23(21)30-25(33)35/h2-5,9,13-14,16H,6-8,10-12H2,1H3,(H,27,30,35). The molecule has 4 aromatic rings. The van der Waals surface area contributed by atoms with Crippen molar-refractivity contribution >= 4 is 28.6 Å². The van der Waals surface area contributed by atoms with E-state index in [1.54, 1.807) is 34.7 Å². The fourth-order valence-corrected chi connectivity index (χ4v) is 5.29. The molecule has 10 heteroatoms. The van der Waals surface area contributed by atoms with E-state index in [9.17, 15) is 14.0 Å². The summed E-state index contributed by atoms with van der Waals surface area (Å²) >= 11 is 0. The Kier molecular flexibility index (Phi) is 5.09. The number of H-pyrrole nitrogens is 1. The number of carbonyl (C=O) groups excluding carboxylic acids is 1. The van der Waals surface area contributed by atoms with Gasteiger partial charge in [0.15, 0.2) is 5.65 Å². The van der Waals surface area contributed by atoms with E-state index in [1.807, 2.05) is 12.1 Å². The van der Waals surface area contributed by atoms with Crippen LogP contribution in [-0.2, 0) is 6.42 Å². The molecule has 35 heavy (non-hydrogen) atoms. The van der Waals surface area contributed by atoms with Crippen molar-refractivity contribution in [3.8, 4) is 0 Å². The average molecular weight is 474 g/mol. The van der Waals surface area contributed by atoms with Crippen LogP contribution in [0.2, 0.25) is 0 Å². The molecule has 9 nitrogen and oxygen atoms in total. The number of piperidine rings is 1. The van der Waals surface area contributed by atoms with Gasteiger partial charge in [0, 0.05) is 43.6 Å². The second kappa shape index (κ2) is 8.30. The van der Waals surface area contributed by atoms with Crippen molar-refractivity contribution < 1.29 is 9.18 Å². The van der Waals surface area contributed by atoms with Crippen molar-refractivity contribution in [1.82, 2.24) is 24.5 Å². The van der Waals surface area contributed by atoms with Crippen molar-refractivity contribution in [2.75, 3.05) is 29.4 Å². The molecular weight excluding hydrogens is 449 g/mol. The number of benzene rings is 1. The highest BCUT2D eigenvalue weighted by Gasteiger charge is 2.30. The van der Waals surface area contributed by atoms with E-state index >= 15 is 0 Å². The zero-order valence-corrected chi connectivity index (χ0v) is 19.2. The molecule has 1 aromatic carbocycles. The van der Waals surface area contributed by atoms with Gasteiger partial charge in [-0.05, 0) is 61.6 Å². The van der Waals surface area contributed by atoms with Gasteiger partial charge >= 0.3 is 5.69 Å². The maximum absolute atomic E-state index is 13.9. The fraction of sp³-hybridized carbons (Fsp3) is 0.320. The fourth-order valence-electron chi connectivity index (χ4n) is 5.29. The first-order chi connectivity index (χ1) is 17.0. The van der Waals surface area contributed by atoms with Crippen molar-refractivity contribution in [1.29, 1.82) is 0 Å². The van der Waals surface area contributed by atoms with Gasteiger partial charge in [0.2, 0.25) is 0 Å². The number of amides is 1. The highest BCUT2D eigenvalue weighted by atomic mass is 19.1. The van der Waals surface area contributed by atoms with Gasteiger partial charge in [-0.1, -0.05) is 0 Å². The van der Waals surface area contributed by atoms with Crippen LogP contribution in [0, 0.1) is 12.7 Å². The molecule has 0 aliphatic carbocycles. The van der Waals surface area contributed by atoms with Gasteiger partial charge in [-0.3, -0.25) is 14.3 Å². The molecule has 0 bridgehead atoms. The number of rotatable bonds is 3. The Hall–Kier alpha value is -4.08. The molecule has 6 rings (SSSR count). The van der Waals surface area contributed by atoms with Crippen molar-refractivity contribution in [3.05, 3.63) is 76.0 Å². The topological polar surface area (TPSA) is 100 Å². The van der Waals surface area contributed by atoms with Gasteiger partial charge in [0.05, 0.1) is 5.52 Å². The molecule has 0 spiro atoms. The minimum atomic E-state index is -0.253. The summed E-state index contributed by atoms with van der Waals surface area (Å²) in [7, 11) is 0. The van der Waals surface area contributed by atoms with Crippen molar-refractivity contribution in [2.45, 2.75) is 32.2 Å². The summed E-state index contributed by atoms with van der Waals surface area (Å²) in [6.07, 6.45) is 5.23. The smallest absolute Gasteiger partial charge is 0.327 e. The molecule has 0 saturated carbocycles. The number of aromatic amines is 1. The molecule has 3 aromatic heterocycles. The molecular formula is C25H24FN7O2. The second-order valence-electron chi connectivity index (χ2n) is 9.03. The summed E-state index contributed by atoms with van der Waals surface area (Å²) in [6.45, 7) is 3.63. The van der Waals surface area contributed by atoms with Gasteiger partial charge in [-0.2, -0.15) is 0 Å². The summed E-state index contributed by atoms with van der Waals surface area (Å²) in [6, 6.07) is 8.59. The highest BCUT2D eigenvalue weighted by molar-refractivity contribution is 6.06. The molecule has 2 aliphatic rings. The highest BCUT2D eigenvalue weighted by Crippen LogP contribution is 2.33. The number of nitrogens with zero attached hydrogens (tertiary/aromatic N) is 6. The van der Waals surface area contributed by atoms with Gasteiger partial charge in [0.1, 0.15) is 23.7 Å². The van der Waals surface area contributed by atoms with Crippen LogP contribution in [0.3, 0.4) is 0 Å². The Bertz CT molecular complexity index is 1500. The number of nitrogens with one attached hydrogen (secondary N) is 1. The van der Waals surface area contributed by atoms with Crippen LogP contribution < -0.4 is 15.5 Å². The molecule has 1 fully saturated rings. The molecule has 0 radical (unpaired) electrons. The monoisotopic (exact) mass is 473 g/mol. The van der Waals surface area contributed by atoms with Crippen molar-refractivity contribution in [3.63, 3.8) is 0 Å². The lowest BCUT2D eigenvalue weighted by atomic mass is 10.0. The average Bonchev–Trinajstić information content (AvgIpc) is 3.47. The zero-order valence-electron chi connectivity index (χ0n) is 19.2. The van der Waals surface area contributed by atoms with E-state index in [0.717, 1.165) is 29.6 Å². The van der Waals surface area contributed by atoms with Crippen LogP contribution in [0.25, 0.3) is 11.2 Å². The van der Waals surface area contributed by atoms with Gasteiger partial charge in [-0.25, -0.2) is 24.1 Å². The van der Waals surface area contributed by atoms with E-state index in [-0.39, 0.29) is 23.5 Å². The summed E-state index contributed by atoms with van der Waals surface area (Å²) in [5, 5.41) is 0. The number of hydrogen-bond donors (Lipinski definition) is 1. The Labute approximate surface area is 200 Å². The summed E-state index contributed by atoms with van der Waals surface area (Å²) in [4.78, 5) is 45.3. The molecule has 1 amide bonds. The maximum atomic E-state index is 13.9. The summed E-state index contributed by atoms with van der Waals surface area (Å²) in [5.74, 6) is 0.215. The minimum Gasteiger partial charge on any atom is -0.356 e. The van der Waals surface area contributed by atoms with Gasteiger partial charge < -0.3 is 9.80 Å².